The van der Waals surface area contributed by atoms with Crippen molar-refractivity contribution < 1.29 is 27.4 Å². The van der Waals surface area contributed by atoms with Gasteiger partial charge in [0.2, 0.25) is 0 Å². The number of anilines is 1. The number of nitrogens with zero attached hydrogens (tertiary/aromatic N) is 1. The molecule has 0 aromatic heterocycles. The van der Waals surface area contributed by atoms with Crippen LogP contribution in [0.25, 0.3) is 0 Å². The van der Waals surface area contributed by atoms with Gasteiger partial charge < -0.3 is 9.84 Å². The molecule has 1 N–H and O–H groups in total. The summed E-state index contributed by atoms with van der Waals surface area (Å²) in [6, 6.07) is 16.6. The minimum atomic E-state index is -3.73. The van der Waals surface area contributed by atoms with E-state index in [1.807, 2.05) is 19.1 Å². The normalized spacial score (nSPS) is 13.1. The highest BCUT2D eigenvalue weighted by atomic mass is 32.2. The first-order valence-electron chi connectivity index (χ1n) is 10.6. The molecule has 3 aromatic rings. The zero-order chi connectivity index (χ0) is 23.6. The minimum Gasteiger partial charge on any atom is -0.489 e. The smallest absolute Gasteiger partial charge is 0.303 e. The van der Waals surface area contributed by atoms with Gasteiger partial charge in [-0.25, -0.2) is 12.8 Å². The van der Waals surface area contributed by atoms with Crippen molar-refractivity contribution in [2.24, 2.45) is 0 Å². The Bertz CT molecular complexity index is 1290. The number of aryl methyl sites for hydroxylation is 2. The van der Waals surface area contributed by atoms with Crippen LogP contribution < -0.4 is 9.04 Å². The largest absolute Gasteiger partial charge is 0.489 e. The summed E-state index contributed by atoms with van der Waals surface area (Å²) in [5.41, 5.74) is 3.50. The van der Waals surface area contributed by atoms with E-state index in [9.17, 15) is 17.6 Å². The van der Waals surface area contributed by atoms with E-state index in [-0.39, 0.29) is 30.1 Å². The Kier molecular flexibility index (Phi) is 6.37. The molecule has 0 aliphatic carbocycles. The van der Waals surface area contributed by atoms with Gasteiger partial charge in [0.25, 0.3) is 10.0 Å². The first-order chi connectivity index (χ1) is 15.8. The molecule has 0 saturated carbocycles. The van der Waals surface area contributed by atoms with Crippen LogP contribution in [0.1, 0.15) is 28.7 Å². The van der Waals surface area contributed by atoms with E-state index < -0.39 is 21.8 Å². The summed E-state index contributed by atoms with van der Waals surface area (Å²) in [4.78, 5) is 10.9. The zero-order valence-corrected chi connectivity index (χ0v) is 18.9. The summed E-state index contributed by atoms with van der Waals surface area (Å²) in [5, 5.41) is 8.78. The van der Waals surface area contributed by atoms with Gasteiger partial charge in [0.1, 0.15) is 18.2 Å². The van der Waals surface area contributed by atoms with E-state index in [1.165, 1.54) is 16.4 Å². The molecule has 1 heterocycles. The molecule has 172 valence electrons. The number of para-hydroxylation sites is 1. The third kappa shape index (κ3) is 4.85. The molecule has 0 atom stereocenters. The third-order valence-corrected chi connectivity index (χ3v) is 7.49. The second-order valence-electron chi connectivity index (χ2n) is 8.00. The predicted octanol–water partition coefficient (Wildman–Crippen LogP) is 4.48. The second-order valence-corrected chi connectivity index (χ2v) is 9.86. The van der Waals surface area contributed by atoms with Crippen molar-refractivity contribution >= 4 is 21.7 Å². The average molecular weight is 470 g/mol. The van der Waals surface area contributed by atoms with Crippen molar-refractivity contribution in [1.82, 2.24) is 0 Å². The van der Waals surface area contributed by atoms with Gasteiger partial charge in [-0.05, 0) is 49.1 Å². The van der Waals surface area contributed by atoms with E-state index in [2.05, 4.69) is 0 Å². The van der Waals surface area contributed by atoms with Gasteiger partial charge in [-0.1, -0.05) is 42.0 Å². The number of rotatable bonds is 8. The van der Waals surface area contributed by atoms with Crippen LogP contribution in [-0.2, 0) is 34.3 Å². The lowest BCUT2D eigenvalue weighted by Gasteiger charge is -2.22. The summed E-state index contributed by atoms with van der Waals surface area (Å²) < 4.78 is 48.2. The number of carboxylic acid groups (broad SMARTS) is 1. The number of sulfonamides is 1. The Morgan fingerprint density at radius 2 is 1.85 bits per heavy atom. The number of hydrogen-bond acceptors (Lipinski definition) is 4. The van der Waals surface area contributed by atoms with Crippen LogP contribution in [0, 0.1) is 12.7 Å². The van der Waals surface area contributed by atoms with Crippen LogP contribution in [0.5, 0.6) is 5.75 Å². The predicted molar refractivity (Wildman–Crippen MR) is 123 cm³/mol. The maximum absolute atomic E-state index is 14.3. The van der Waals surface area contributed by atoms with Gasteiger partial charge in [-0.15, -0.1) is 0 Å². The van der Waals surface area contributed by atoms with Crippen LogP contribution in [0.15, 0.2) is 65.6 Å². The molecular formula is C25H24FNO5S. The maximum Gasteiger partial charge on any atom is 0.303 e. The lowest BCUT2D eigenvalue weighted by molar-refractivity contribution is -0.136. The van der Waals surface area contributed by atoms with Crippen molar-refractivity contribution in [3.05, 3.63) is 88.7 Å². The number of ether oxygens (including phenoxy) is 1. The first-order valence-corrected chi connectivity index (χ1v) is 12.0. The molecule has 8 heteroatoms. The van der Waals surface area contributed by atoms with E-state index in [4.69, 9.17) is 9.84 Å². The monoisotopic (exact) mass is 469 g/mol. The molecule has 0 unspecified atom stereocenters. The van der Waals surface area contributed by atoms with E-state index in [0.717, 1.165) is 11.1 Å². The molecule has 0 saturated heterocycles. The molecule has 0 amide bonds. The Morgan fingerprint density at radius 1 is 1.09 bits per heavy atom. The van der Waals surface area contributed by atoms with Crippen LogP contribution >= 0.6 is 0 Å². The fourth-order valence-corrected chi connectivity index (χ4v) is 5.46. The quantitative estimate of drug-likeness (QED) is 0.526. The van der Waals surface area contributed by atoms with Gasteiger partial charge in [0.05, 0.1) is 10.6 Å². The van der Waals surface area contributed by atoms with Crippen molar-refractivity contribution in [1.29, 1.82) is 0 Å². The van der Waals surface area contributed by atoms with Crippen molar-refractivity contribution in [3.8, 4) is 5.75 Å². The first kappa shape index (κ1) is 22.8. The molecule has 4 rings (SSSR count). The summed E-state index contributed by atoms with van der Waals surface area (Å²) in [6.45, 7) is 2.31. The lowest BCUT2D eigenvalue weighted by Crippen LogP contribution is -2.30. The number of aliphatic carboxylic acids is 1. The summed E-state index contributed by atoms with van der Waals surface area (Å²) in [7, 11) is -3.73. The summed E-state index contributed by atoms with van der Waals surface area (Å²) >= 11 is 0. The minimum absolute atomic E-state index is 0.0665. The standard InChI is InChI=1S/C25H24FNO5S/c1-17-5-10-22(11-6-17)33(30,31)27-14-13-19-3-2-4-20(25(19)27)16-32-21-9-7-18(23(26)15-21)8-12-24(28)29/h2-7,9-11,15H,8,12-14,16H2,1H3,(H,28,29). The van der Waals surface area contributed by atoms with Gasteiger partial charge in [0.15, 0.2) is 0 Å². The van der Waals surface area contributed by atoms with Crippen molar-refractivity contribution in [2.75, 3.05) is 10.8 Å². The topological polar surface area (TPSA) is 83.9 Å². The van der Waals surface area contributed by atoms with Gasteiger partial charge >= 0.3 is 5.97 Å². The molecule has 0 radical (unpaired) electrons. The van der Waals surface area contributed by atoms with Crippen LogP contribution in [-0.4, -0.2) is 26.0 Å². The van der Waals surface area contributed by atoms with Gasteiger partial charge in [-0.2, -0.15) is 0 Å². The Morgan fingerprint density at radius 3 is 2.55 bits per heavy atom. The average Bonchev–Trinajstić information content (AvgIpc) is 3.23. The Hall–Kier alpha value is -3.39. The number of halogens is 1. The summed E-state index contributed by atoms with van der Waals surface area (Å²) in [5.74, 6) is -1.23. The number of benzene rings is 3. The molecule has 1 aliphatic rings. The Balaban J connectivity index is 1.56. The molecule has 6 nitrogen and oxygen atoms in total. The van der Waals surface area contributed by atoms with E-state index in [0.29, 0.717) is 29.8 Å². The fourth-order valence-electron chi connectivity index (χ4n) is 3.92. The molecule has 1 aliphatic heterocycles. The summed E-state index contributed by atoms with van der Waals surface area (Å²) in [6.07, 6.45) is 0.541. The zero-order valence-electron chi connectivity index (χ0n) is 18.1. The molecule has 3 aromatic carbocycles. The van der Waals surface area contributed by atoms with Gasteiger partial charge in [-0.3, -0.25) is 9.10 Å². The number of carbonyl (C=O) groups is 1. The van der Waals surface area contributed by atoms with Crippen LogP contribution in [0.2, 0.25) is 0 Å². The molecule has 0 fully saturated rings. The highest BCUT2D eigenvalue weighted by molar-refractivity contribution is 7.92. The molecule has 0 spiro atoms. The van der Waals surface area contributed by atoms with Crippen LogP contribution in [0.4, 0.5) is 10.1 Å². The molecule has 0 bridgehead atoms. The highest BCUT2D eigenvalue weighted by Crippen LogP contribution is 2.36. The lowest BCUT2D eigenvalue weighted by atomic mass is 10.1. The number of carboxylic acids is 1. The van der Waals surface area contributed by atoms with E-state index >= 15 is 0 Å². The molecule has 33 heavy (non-hydrogen) atoms. The third-order valence-electron chi connectivity index (χ3n) is 5.67. The van der Waals surface area contributed by atoms with Crippen LogP contribution in [0.3, 0.4) is 0 Å². The Labute approximate surface area is 192 Å². The number of fused-ring (bicyclic) bond motifs is 1. The van der Waals surface area contributed by atoms with Gasteiger partial charge in [0, 0.05) is 24.6 Å². The van der Waals surface area contributed by atoms with Crippen molar-refractivity contribution in [3.63, 3.8) is 0 Å². The maximum atomic E-state index is 14.3. The highest BCUT2D eigenvalue weighted by Gasteiger charge is 2.32. The van der Waals surface area contributed by atoms with E-state index in [1.54, 1.807) is 36.4 Å². The number of hydrogen-bond donors (Lipinski definition) is 1. The second kappa shape index (κ2) is 9.23. The van der Waals surface area contributed by atoms with Crippen molar-refractivity contribution in [2.45, 2.75) is 37.7 Å². The fraction of sp³-hybridized carbons (Fsp3) is 0.240. The SMILES string of the molecule is Cc1ccc(S(=O)(=O)N2CCc3cccc(COc4ccc(CCC(=O)O)c(F)c4)c32)cc1. The molecular weight excluding hydrogens is 445 g/mol.